The molecule has 0 fully saturated rings. The van der Waals surface area contributed by atoms with Crippen LogP contribution in [0.1, 0.15) is 52.9 Å². The molecule has 0 aliphatic rings. The summed E-state index contributed by atoms with van der Waals surface area (Å²) in [5.74, 6) is 2.54. The Kier molecular flexibility index (Phi) is 12.7. The molecule has 0 aliphatic carbocycles. The van der Waals surface area contributed by atoms with Gasteiger partial charge in [-0.3, -0.25) is 9.80 Å². The van der Waals surface area contributed by atoms with Crippen LogP contribution < -0.4 is 26.6 Å². The number of hydrogen-bond acceptors (Lipinski definition) is 6. The monoisotopic (exact) mass is 550 g/mol. The lowest BCUT2D eigenvalue weighted by molar-refractivity contribution is 0.736. The van der Waals surface area contributed by atoms with Crippen molar-refractivity contribution >= 4 is 17.2 Å². The zero-order valence-corrected chi connectivity index (χ0v) is 24.9. The fourth-order valence-electron chi connectivity index (χ4n) is 4.46. The van der Waals surface area contributed by atoms with Gasteiger partial charge in [0.1, 0.15) is 17.5 Å². The molecule has 0 radical (unpaired) electrons. The Morgan fingerprint density at radius 1 is 0.927 bits per heavy atom. The van der Waals surface area contributed by atoms with Crippen LogP contribution in [-0.2, 0) is 0 Å². The number of unbranched alkanes of at least 4 members (excludes halogenated alkanes) is 2. The van der Waals surface area contributed by atoms with Crippen molar-refractivity contribution in [2.24, 2.45) is 11.5 Å². The molecular weight excluding hydrogens is 504 g/mol. The molecule has 1 aromatic heterocycles. The van der Waals surface area contributed by atoms with E-state index in [1.165, 1.54) is 0 Å². The van der Waals surface area contributed by atoms with Gasteiger partial charge < -0.3 is 16.8 Å². The number of nitrogens with two attached hydrogens (primary N) is 2. The Morgan fingerprint density at radius 2 is 1.61 bits per heavy atom. The van der Waals surface area contributed by atoms with Crippen LogP contribution in [0, 0.1) is 0 Å². The molecule has 0 aliphatic heterocycles. The maximum Gasteiger partial charge on any atom is 0.137 e. The molecule has 3 aromatic rings. The molecule has 216 valence electrons. The number of nitrogens with one attached hydrogen (secondary N) is 1. The van der Waals surface area contributed by atoms with Crippen molar-refractivity contribution in [1.82, 2.24) is 10.3 Å². The number of aromatic nitrogens is 1. The maximum absolute atomic E-state index is 6.62. The van der Waals surface area contributed by atoms with Gasteiger partial charge in [0.25, 0.3) is 0 Å². The van der Waals surface area contributed by atoms with Gasteiger partial charge in [0.05, 0.1) is 0 Å². The van der Waals surface area contributed by atoms with Crippen LogP contribution in [0.15, 0.2) is 121 Å². The standard InChI is InChI=1S/C35H46N6/c1-5-8-9-15-33(37)41(34(7-3)38-26-6-2)32-23-19-30(20-24-32)29-17-21-31(22-18-29)40(28(4)14-10-12-25-36)35-16-11-13-27-39-35/h7,10-11,13-24,27,38H,4-6,8-9,12,25-26,36-37H2,1-3H3/b14-10-,33-15+,34-7+. The molecule has 6 heteroatoms. The SMILES string of the molecule is C=C(/C=C\CCN)N(c1ccc(-c2ccc(N(/C(N)=C/CCCC)/C(=C/C)NCCC)cc2)cc1)c1ccccn1. The van der Waals surface area contributed by atoms with E-state index in [2.05, 4.69) is 96.3 Å². The van der Waals surface area contributed by atoms with E-state index >= 15 is 0 Å². The smallest absolute Gasteiger partial charge is 0.137 e. The second-order valence-electron chi connectivity index (χ2n) is 9.80. The van der Waals surface area contributed by atoms with Gasteiger partial charge in [-0.1, -0.05) is 63.3 Å². The third-order valence-corrected chi connectivity index (χ3v) is 6.63. The van der Waals surface area contributed by atoms with Crippen LogP contribution in [0.4, 0.5) is 17.2 Å². The van der Waals surface area contributed by atoms with Crippen molar-refractivity contribution in [2.45, 2.75) is 52.9 Å². The second kappa shape index (κ2) is 16.7. The van der Waals surface area contributed by atoms with E-state index < -0.39 is 0 Å². The highest BCUT2D eigenvalue weighted by Gasteiger charge is 2.16. The Balaban J connectivity index is 1.89. The number of anilines is 3. The van der Waals surface area contributed by atoms with Crippen molar-refractivity contribution < 1.29 is 0 Å². The third-order valence-electron chi connectivity index (χ3n) is 6.63. The van der Waals surface area contributed by atoms with Crippen molar-refractivity contribution in [1.29, 1.82) is 0 Å². The first-order valence-corrected chi connectivity index (χ1v) is 14.7. The van der Waals surface area contributed by atoms with Crippen molar-refractivity contribution in [3.05, 3.63) is 121 Å². The van der Waals surface area contributed by atoms with E-state index in [0.29, 0.717) is 6.54 Å². The van der Waals surface area contributed by atoms with Crippen LogP contribution in [0.2, 0.25) is 0 Å². The number of rotatable bonds is 16. The van der Waals surface area contributed by atoms with Crippen molar-refractivity contribution in [3.63, 3.8) is 0 Å². The predicted octanol–water partition coefficient (Wildman–Crippen LogP) is 7.96. The van der Waals surface area contributed by atoms with Gasteiger partial charge in [-0.15, -0.1) is 0 Å². The Morgan fingerprint density at radius 3 is 2.17 bits per heavy atom. The van der Waals surface area contributed by atoms with Gasteiger partial charge in [-0.25, -0.2) is 4.98 Å². The summed E-state index contributed by atoms with van der Waals surface area (Å²) in [4.78, 5) is 8.72. The molecule has 0 amide bonds. The number of hydrogen-bond donors (Lipinski definition) is 3. The summed E-state index contributed by atoms with van der Waals surface area (Å²) in [6, 6.07) is 22.9. The van der Waals surface area contributed by atoms with E-state index in [-0.39, 0.29) is 0 Å². The van der Waals surface area contributed by atoms with E-state index in [4.69, 9.17) is 11.5 Å². The van der Waals surface area contributed by atoms with Crippen LogP contribution >= 0.6 is 0 Å². The number of benzene rings is 2. The van der Waals surface area contributed by atoms with Gasteiger partial charge >= 0.3 is 0 Å². The summed E-state index contributed by atoms with van der Waals surface area (Å²) in [7, 11) is 0. The summed E-state index contributed by atoms with van der Waals surface area (Å²) in [6.07, 6.45) is 15.1. The van der Waals surface area contributed by atoms with Gasteiger partial charge in [0.15, 0.2) is 0 Å². The summed E-state index contributed by atoms with van der Waals surface area (Å²) in [5, 5.41) is 3.53. The predicted molar refractivity (Wildman–Crippen MR) is 177 cm³/mol. The van der Waals surface area contributed by atoms with E-state index in [0.717, 1.165) is 84.3 Å². The normalized spacial score (nSPS) is 12.0. The number of allylic oxidation sites excluding steroid dienone is 3. The molecule has 0 atom stereocenters. The summed E-state index contributed by atoms with van der Waals surface area (Å²) in [6.45, 7) is 12.2. The molecule has 41 heavy (non-hydrogen) atoms. The van der Waals surface area contributed by atoms with Gasteiger partial charge in [0.2, 0.25) is 0 Å². The average molecular weight is 551 g/mol. The molecule has 3 rings (SSSR count). The molecule has 0 bridgehead atoms. The molecule has 0 saturated carbocycles. The molecule has 6 nitrogen and oxygen atoms in total. The topological polar surface area (TPSA) is 83.4 Å². The minimum atomic E-state index is 0.603. The lowest BCUT2D eigenvalue weighted by Crippen LogP contribution is -2.34. The van der Waals surface area contributed by atoms with Gasteiger partial charge in [0, 0.05) is 29.8 Å². The Bertz CT molecular complexity index is 1290. The quantitative estimate of drug-likeness (QED) is 0.124. The molecule has 5 N–H and O–H groups in total. The summed E-state index contributed by atoms with van der Waals surface area (Å²) in [5.41, 5.74) is 17.4. The second-order valence-corrected chi connectivity index (χ2v) is 9.80. The van der Waals surface area contributed by atoms with Crippen molar-refractivity contribution in [2.75, 3.05) is 22.9 Å². The van der Waals surface area contributed by atoms with Crippen LogP contribution in [0.25, 0.3) is 11.1 Å². The minimum absolute atomic E-state index is 0.603. The average Bonchev–Trinajstić information content (AvgIpc) is 3.00. The van der Waals surface area contributed by atoms with E-state index in [1.807, 2.05) is 42.2 Å². The lowest BCUT2D eigenvalue weighted by Gasteiger charge is -2.29. The molecule has 0 saturated heterocycles. The van der Waals surface area contributed by atoms with Gasteiger partial charge in [-0.2, -0.15) is 0 Å². The molecule has 0 spiro atoms. The maximum atomic E-state index is 6.62. The molecule has 0 unspecified atom stereocenters. The molecule has 2 aromatic carbocycles. The zero-order valence-electron chi connectivity index (χ0n) is 24.9. The zero-order chi connectivity index (χ0) is 29.5. The molecule has 1 heterocycles. The number of pyridine rings is 1. The first kappa shape index (κ1) is 31.2. The number of nitrogens with zero attached hydrogens (tertiary/aromatic N) is 3. The van der Waals surface area contributed by atoms with Crippen LogP contribution in [0.3, 0.4) is 0 Å². The molecular formula is C35H46N6. The third kappa shape index (κ3) is 8.85. The summed E-state index contributed by atoms with van der Waals surface area (Å²) < 4.78 is 0. The highest BCUT2D eigenvalue weighted by Crippen LogP contribution is 2.32. The highest BCUT2D eigenvalue weighted by atomic mass is 15.3. The Hall–Kier alpha value is -4.29. The Labute approximate surface area is 246 Å². The first-order chi connectivity index (χ1) is 20.0. The largest absolute Gasteiger partial charge is 0.385 e. The summed E-state index contributed by atoms with van der Waals surface area (Å²) >= 11 is 0. The minimum Gasteiger partial charge on any atom is -0.385 e. The van der Waals surface area contributed by atoms with Crippen LogP contribution in [0.5, 0.6) is 0 Å². The van der Waals surface area contributed by atoms with E-state index in [9.17, 15) is 0 Å². The van der Waals surface area contributed by atoms with Gasteiger partial charge in [-0.05, 0) is 105 Å². The van der Waals surface area contributed by atoms with Crippen molar-refractivity contribution in [3.8, 4) is 11.1 Å². The first-order valence-electron chi connectivity index (χ1n) is 14.7. The lowest BCUT2D eigenvalue weighted by atomic mass is 10.0. The fourth-order valence-corrected chi connectivity index (χ4v) is 4.46. The van der Waals surface area contributed by atoms with Crippen LogP contribution in [-0.4, -0.2) is 18.1 Å². The van der Waals surface area contributed by atoms with E-state index in [1.54, 1.807) is 6.20 Å². The fraction of sp³-hybridized carbons (Fsp3) is 0.286. The highest BCUT2D eigenvalue weighted by molar-refractivity contribution is 5.73.